The number of alkyl carbamates (subject to hydrolysis) is 1. The van der Waals surface area contributed by atoms with Gasteiger partial charge in [0.15, 0.2) is 10.8 Å². The molecule has 0 atom stereocenters. The van der Waals surface area contributed by atoms with E-state index in [9.17, 15) is 19.2 Å². The monoisotopic (exact) mass is 465 g/mol. The number of ether oxygens (including phenoxy) is 1. The third-order valence-corrected chi connectivity index (χ3v) is 5.28. The number of thiazole rings is 1. The van der Waals surface area contributed by atoms with Crippen LogP contribution in [0, 0.1) is 0 Å². The SMILES string of the molecule is CN(C)CCNC1=CC(=O)c2sc(C(=O)NCCCCNC(=O)OC(C)(C)C)nc2C1=O. The maximum absolute atomic E-state index is 12.6. The van der Waals surface area contributed by atoms with E-state index >= 15 is 0 Å². The van der Waals surface area contributed by atoms with Crippen LogP contribution in [-0.4, -0.2) is 79.3 Å². The van der Waals surface area contributed by atoms with Crippen LogP contribution >= 0.6 is 11.3 Å². The lowest BCUT2D eigenvalue weighted by Crippen LogP contribution is -2.33. The molecule has 2 amide bonds. The van der Waals surface area contributed by atoms with Crippen LogP contribution in [-0.2, 0) is 4.74 Å². The number of aromatic nitrogens is 1. The highest BCUT2D eigenvalue weighted by Crippen LogP contribution is 2.26. The van der Waals surface area contributed by atoms with Gasteiger partial charge in [-0.1, -0.05) is 0 Å². The first-order valence-corrected chi connectivity index (χ1v) is 11.2. The lowest BCUT2D eigenvalue weighted by molar-refractivity contribution is 0.0526. The van der Waals surface area contributed by atoms with Crippen LogP contribution in [0.2, 0.25) is 0 Å². The molecule has 1 heterocycles. The topological polar surface area (TPSA) is 130 Å². The van der Waals surface area contributed by atoms with Gasteiger partial charge in [0.05, 0.1) is 5.70 Å². The number of hydrogen-bond donors (Lipinski definition) is 3. The third kappa shape index (κ3) is 7.72. The fourth-order valence-corrected chi connectivity index (χ4v) is 3.60. The average Bonchev–Trinajstić information content (AvgIpc) is 3.13. The van der Waals surface area contributed by atoms with Crippen molar-refractivity contribution in [1.29, 1.82) is 0 Å². The van der Waals surface area contributed by atoms with Crippen molar-refractivity contribution in [2.24, 2.45) is 0 Å². The van der Waals surface area contributed by atoms with Crippen LogP contribution in [0.1, 0.15) is 63.6 Å². The number of Topliss-reactive ketones (excluding diaryl/α,β-unsaturated/α-hetero) is 1. The van der Waals surface area contributed by atoms with Crippen LogP contribution in [0.5, 0.6) is 0 Å². The molecule has 0 aliphatic heterocycles. The number of fused-ring (bicyclic) bond motifs is 1. The van der Waals surface area contributed by atoms with Crippen molar-refractivity contribution in [3.63, 3.8) is 0 Å². The smallest absolute Gasteiger partial charge is 0.407 e. The first-order chi connectivity index (χ1) is 15.0. The Kier molecular flexibility index (Phi) is 8.90. The standard InChI is InChI=1S/C21H31N5O5S/c1-21(2,3)31-20(30)24-9-7-6-8-23-18(29)19-25-15-16(28)13(22-10-11-26(4)5)12-14(27)17(15)32-19/h12,22H,6-11H2,1-5H3,(H,23,29)(H,24,30). The number of nitrogens with zero attached hydrogens (tertiary/aromatic N) is 2. The molecule has 0 unspecified atom stereocenters. The molecule has 1 aromatic rings. The van der Waals surface area contributed by atoms with Crippen molar-refractivity contribution in [3.8, 4) is 0 Å². The molecular weight excluding hydrogens is 434 g/mol. The summed E-state index contributed by atoms with van der Waals surface area (Å²) in [4.78, 5) is 55.2. The van der Waals surface area contributed by atoms with Gasteiger partial charge in [0.25, 0.3) is 5.91 Å². The van der Waals surface area contributed by atoms with Gasteiger partial charge >= 0.3 is 6.09 Å². The van der Waals surface area contributed by atoms with Gasteiger partial charge in [-0.05, 0) is 47.7 Å². The minimum absolute atomic E-state index is 0.0153. The molecule has 1 aliphatic carbocycles. The minimum Gasteiger partial charge on any atom is -0.444 e. The summed E-state index contributed by atoms with van der Waals surface area (Å²) in [5, 5.41) is 8.42. The molecule has 11 heteroatoms. The van der Waals surface area contributed by atoms with Crippen LogP contribution < -0.4 is 16.0 Å². The van der Waals surface area contributed by atoms with Crippen LogP contribution in [0.3, 0.4) is 0 Å². The number of rotatable bonds is 10. The number of amides is 2. The quantitative estimate of drug-likeness (QED) is 0.444. The summed E-state index contributed by atoms with van der Waals surface area (Å²) < 4.78 is 5.14. The normalized spacial score (nSPS) is 13.5. The Morgan fingerprint density at radius 3 is 2.38 bits per heavy atom. The average molecular weight is 466 g/mol. The van der Waals surface area contributed by atoms with Crippen molar-refractivity contribution in [3.05, 3.63) is 27.4 Å². The largest absolute Gasteiger partial charge is 0.444 e. The van der Waals surface area contributed by atoms with E-state index in [1.165, 1.54) is 6.08 Å². The van der Waals surface area contributed by atoms with Crippen LogP contribution in [0.25, 0.3) is 0 Å². The summed E-state index contributed by atoms with van der Waals surface area (Å²) in [6.07, 6.45) is 2.06. The van der Waals surface area contributed by atoms with E-state index in [0.29, 0.717) is 39.0 Å². The summed E-state index contributed by atoms with van der Waals surface area (Å²) >= 11 is 0.916. The van der Waals surface area contributed by atoms with E-state index in [1.807, 2.05) is 19.0 Å². The second-order valence-electron chi connectivity index (χ2n) is 8.57. The Morgan fingerprint density at radius 1 is 1.09 bits per heavy atom. The zero-order valence-corrected chi connectivity index (χ0v) is 20.0. The number of ketones is 2. The number of carbonyl (C=O) groups excluding carboxylic acids is 4. The molecule has 3 N–H and O–H groups in total. The second kappa shape index (κ2) is 11.2. The molecule has 32 heavy (non-hydrogen) atoms. The lowest BCUT2D eigenvalue weighted by Gasteiger charge is -2.19. The Labute approximate surface area is 191 Å². The van der Waals surface area contributed by atoms with Crippen molar-refractivity contribution in [2.75, 3.05) is 40.3 Å². The zero-order chi connectivity index (χ0) is 23.9. The minimum atomic E-state index is -0.549. The van der Waals surface area contributed by atoms with Gasteiger partial charge in [0, 0.05) is 32.3 Å². The number of allylic oxidation sites excluding steroid dienone is 2. The summed E-state index contributed by atoms with van der Waals surface area (Å²) in [6, 6.07) is 0. The molecule has 0 fully saturated rings. The summed E-state index contributed by atoms with van der Waals surface area (Å²) in [5.74, 6) is -1.16. The van der Waals surface area contributed by atoms with Gasteiger partial charge in [-0.3, -0.25) is 14.4 Å². The van der Waals surface area contributed by atoms with Gasteiger partial charge in [0.2, 0.25) is 5.78 Å². The lowest BCUT2D eigenvalue weighted by atomic mass is 10.0. The van der Waals surface area contributed by atoms with Gasteiger partial charge in [-0.15, -0.1) is 11.3 Å². The van der Waals surface area contributed by atoms with Crippen molar-refractivity contribution in [2.45, 2.75) is 39.2 Å². The number of hydrogen-bond acceptors (Lipinski definition) is 9. The van der Waals surface area contributed by atoms with Gasteiger partial charge < -0.3 is 25.6 Å². The summed E-state index contributed by atoms with van der Waals surface area (Å²) in [6.45, 7) is 7.37. The highest BCUT2D eigenvalue weighted by molar-refractivity contribution is 7.16. The maximum Gasteiger partial charge on any atom is 0.407 e. The summed E-state index contributed by atoms with van der Waals surface area (Å²) in [7, 11) is 3.82. The molecule has 1 aromatic heterocycles. The molecule has 0 bridgehead atoms. The number of unbranched alkanes of at least 4 members (excludes halogenated alkanes) is 1. The highest BCUT2D eigenvalue weighted by Gasteiger charge is 2.31. The molecule has 1 aliphatic rings. The molecule has 0 saturated heterocycles. The fraction of sp³-hybridized carbons (Fsp3) is 0.571. The molecule has 2 rings (SSSR count). The van der Waals surface area contributed by atoms with Crippen LogP contribution in [0.15, 0.2) is 11.8 Å². The number of likely N-dealkylation sites (N-methyl/N-ethyl adjacent to an activating group) is 1. The number of nitrogens with one attached hydrogen (secondary N) is 3. The predicted octanol–water partition coefficient (Wildman–Crippen LogP) is 1.59. The molecule has 0 spiro atoms. The first-order valence-electron chi connectivity index (χ1n) is 10.4. The predicted molar refractivity (Wildman–Crippen MR) is 121 cm³/mol. The van der Waals surface area contributed by atoms with E-state index < -0.39 is 17.6 Å². The molecular formula is C21H31N5O5S. The van der Waals surface area contributed by atoms with Gasteiger partial charge in [-0.25, -0.2) is 9.78 Å². The molecule has 0 aromatic carbocycles. The second-order valence-corrected chi connectivity index (χ2v) is 9.57. The van der Waals surface area contributed by atoms with Crippen molar-refractivity contribution in [1.82, 2.24) is 25.8 Å². The fourth-order valence-electron chi connectivity index (χ4n) is 2.71. The maximum atomic E-state index is 12.6. The van der Waals surface area contributed by atoms with E-state index in [4.69, 9.17) is 4.74 Å². The highest BCUT2D eigenvalue weighted by atomic mass is 32.1. The third-order valence-electron chi connectivity index (χ3n) is 4.21. The first kappa shape index (κ1) is 25.5. The van der Waals surface area contributed by atoms with E-state index in [2.05, 4.69) is 20.9 Å². The Morgan fingerprint density at radius 2 is 1.75 bits per heavy atom. The van der Waals surface area contributed by atoms with E-state index in [0.717, 1.165) is 11.3 Å². The van der Waals surface area contributed by atoms with Gasteiger partial charge in [-0.2, -0.15) is 0 Å². The molecule has 0 radical (unpaired) electrons. The zero-order valence-electron chi connectivity index (χ0n) is 19.2. The Balaban J connectivity index is 1.80. The Bertz CT molecular complexity index is 901. The van der Waals surface area contributed by atoms with Crippen LogP contribution in [0.4, 0.5) is 4.79 Å². The Hall–Kier alpha value is -2.79. The molecule has 10 nitrogen and oxygen atoms in total. The summed E-state index contributed by atoms with van der Waals surface area (Å²) in [5.41, 5.74) is -0.340. The van der Waals surface area contributed by atoms with E-state index in [-0.39, 0.29) is 32.8 Å². The molecule has 0 saturated carbocycles. The molecule has 176 valence electrons. The number of carbonyl (C=O) groups is 4. The van der Waals surface area contributed by atoms with Crippen molar-refractivity contribution >= 4 is 34.9 Å². The van der Waals surface area contributed by atoms with Crippen molar-refractivity contribution < 1.29 is 23.9 Å². The van der Waals surface area contributed by atoms with Gasteiger partial charge in [0.1, 0.15) is 16.2 Å². The van der Waals surface area contributed by atoms with E-state index in [1.54, 1.807) is 20.8 Å².